The van der Waals surface area contributed by atoms with Crippen LogP contribution in [0.5, 0.6) is 0 Å². The molecule has 0 bridgehead atoms. The number of hydrogen-bond donors (Lipinski definition) is 4. The number of rotatable bonds is 8. The van der Waals surface area contributed by atoms with E-state index < -0.39 is 47.7 Å². The maximum absolute atomic E-state index is 14.1. The Labute approximate surface area is 237 Å². The van der Waals surface area contributed by atoms with Gasteiger partial charge < -0.3 is 30.7 Å². The number of halogens is 2. The van der Waals surface area contributed by atoms with Crippen LogP contribution in [-0.4, -0.2) is 66.6 Å². The lowest BCUT2D eigenvalue weighted by Crippen LogP contribution is -2.49. The third-order valence-electron chi connectivity index (χ3n) is 6.93. The van der Waals surface area contributed by atoms with Gasteiger partial charge in [0, 0.05) is 27.8 Å². The molecular weight excluding hydrogens is 556 g/mol. The highest BCUT2D eigenvalue weighted by Gasteiger charge is 2.52. The predicted molar refractivity (Wildman–Crippen MR) is 146 cm³/mol. The zero-order valence-corrected chi connectivity index (χ0v) is 22.6. The van der Waals surface area contributed by atoms with Gasteiger partial charge in [-0.25, -0.2) is 8.78 Å². The summed E-state index contributed by atoms with van der Waals surface area (Å²) >= 11 is 1.35. The molecule has 214 valence electrons. The molecule has 2 aliphatic rings. The summed E-state index contributed by atoms with van der Waals surface area (Å²) in [5.41, 5.74) is 6.32. The number of amidine groups is 1. The Morgan fingerprint density at radius 1 is 1.05 bits per heavy atom. The number of amides is 3. The van der Waals surface area contributed by atoms with Gasteiger partial charge in [0.1, 0.15) is 23.5 Å². The molecule has 0 radical (unpaired) electrons. The summed E-state index contributed by atoms with van der Waals surface area (Å²) in [5, 5.41) is 14.6. The average molecular weight is 584 g/mol. The van der Waals surface area contributed by atoms with Crippen molar-refractivity contribution in [2.24, 2.45) is 5.73 Å². The molecule has 1 aromatic heterocycles. The molecule has 10 nitrogen and oxygen atoms in total. The molecule has 3 amide bonds. The molecule has 2 aromatic carbocycles. The Bertz CT molecular complexity index is 1470. The summed E-state index contributed by atoms with van der Waals surface area (Å²) in [7, 11) is 0. The normalized spacial score (nSPS) is 17.5. The Morgan fingerprint density at radius 3 is 2.37 bits per heavy atom. The summed E-state index contributed by atoms with van der Waals surface area (Å²) in [6, 6.07) is 10.0. The Morgan fingerprint density at radius 2 is 1.73 bits per heavy atom. The Balaban J connectivity index is 1.22. The van der Waals surface area contributed by atoms with E-state index in [0.29, 0.717) is 18.8 Å². The number of benzene rings is 2. The fourth-order valence-corrected chi connectivity index (χ4v) is 5.69. The van der Waals surface area contributed by atoms with Crippen molar-refractivity contribution < 1.29 is 32.6 Å². The van der Waals surface area contributed by atoms with Crippen molar-refractivity contribution in [2.75, 3.05) is 26.3 Å². The number of carbonyl (C=O) groups excluding carboxylic acids is 3. The molecule has 2 saturated heterocycles. The van der Waals surface area contributed by atoms with Crippen LogP contribution < -0.4 is 16.4 Å². The number of carbonyl (C=O) groups is 3. The van der Waals surface area contributed by atoms with Gasteiger partial charge in [-0.2, -0.15) is 0 Å². The second kappa shape index (κ2) is 11.7. The molecule has 0 saturated carbocycles. The molecule has 0 unspecified atom stereocenters. The number of nitrogens with zero attached hydrogens (tertiary/aromatic N) is 1. The van der Waals surface area contributed by atoms with Crippen molar-refractivity contribution in [3.8, 4) is 11.1 Å². The molecular formula is C28H27F2N5O5S. The maximum Gasteiger partial charge on any atom is 0.251 e. The minimum absolute atomic E-state index is 0.0240. The van der Waals surface area contributed by atoms with Crippen LogP contribution >= 0.6 is 11.3 Å². The van der Waals surface area contributed by atoms with Crippen LogP contribution in [0.25, 0.3) is 11.1 Å². The minimum atomic E-state index is -1.09. The quantitative estimate of drug-likeness (QED) is 0.237. The lowest BCUT2D eigenvalue weighted by Gasteiger charge is -2.24. The van der Waals surface area contributed by atoms with E-state index >= 15 is 0 Å². The topological polar surface area (TPSA) is 147 Å². The van der Waals surface area contributed by atoms with Crippen LogP contribution in [0.2, 0.25) is 0 Å². The van der Waals surface area contributed by atoms with E-state index in [1.165, 1.54) is 46.6 Å². The van der Waals surface area contributed by atoms with E-state index in [2.05, 4.69) is 10.6 Å². The van der Waals surface area contributed by atoms with E-state index in [1.807, 2.05) is 0 Å². The molecule has 1 atom stereocenters. The predicted octanol–water partition coefficient (Wildman–Crippen LogP) is 2.37. The summed E-state index contributed by atoms with van der Waals surface area (Å²) in [6.07, 6.45) is 0.135. The largest absolute Gasteiger partial charge is 0.384 e. The van der Waals surface area contributed by atoms with Crippen LogP contribution in [-0.2, 0) is 25.6 Å². The van der Waals surface area contributed by atoms with Crippen molar-refractivity contribution >= 4 is 34.9 Å². The number of nitrogens with one attached hydrogen (secondary N) is 3. The van der Waals surface area contributed by atoms with Gasteiger partial charge in [0.05, 0.1) is 38.4 Å². The number of hydrogen-bond acceptors (Lipinski definition) is 7. The van der Waals surface area contributed by atoms with Crippen LogP contribution in [0.1, 0.15) is 27.2 Å². The molecule has 2 fully saturated rings. The number of likely N-dealkylation sites (tertiary alicyclic amines) is 1. The third kappa shape index (κ3) is 6.11. The summed E-state index contributed by atoms with van der Waals surface area (Å²) in [6.45, 7) is 0.491. The van der Waals surface area contributed by atoms with Gasteiger partial charge >= 0.3 is 0 Å². The lowest BCUT2D eigenvalue weighted by molar-refractivity contribution is -0.152. The molecule has 3 heterocycles. The van der Waals surface area contributed by atoms with Crippen LogP contribution in [0.3, 0.4) is 0 Å². The highest BCUT2D eigenvalue weighted by molar-refractivity contribution is 7.10. The van der Waals surface area contributed by atoms with E-state index in [1.54, 1.807) is 11.4 Å². The van der Waals surface area contributed by atoms with E-state index in [9.17, 15) is 23.2 Å². The number of ether oxygens (including phenoxy) is 2. The second-order valence-corrected chi connectivity index (χ2v) is 10.6. The van der Waals surface area contributed by atoms with Gasteiger partial charge in [-0.05, 0) is 35.9 Å². The van der Waals surface area contributed by atoms with Crippen molar-refractivity contribution in [1.29, 1.82) is 5.41 Å². The van der Waals surface area contributed by atoms with Crippen molar-refractivity contribution in [3.63, 3.8) is 0 Å². The molecule has 2 aliphatic heterocycles. The monoisotopic (exact) mass is 583 g/mol. The highest BCUT2D eigenvalue weighted by Crippen LogP contribution is 2.35. The number of nitrogens with two attached hydrogens (primary N) is 1. The number of nitrogen functional groups attached to an aromatic ring is 1. The van der Waals surface area contributed by atoms with E-state index in [-0.39, 0.29) is 42.0 Å². The SMILES string of the molecule is N=C(N)c1csc(CNC(=O)[C@@H]2CC3(CN2C(=O)CNC(=O)c2ccc(-c4c(F)cccc4F)cc2)OCCO3)c1. The first-order chi connectivity index (χ1) is 19.7. The fraction of sp³-hybridized carbons (Fsp3) is 0.286. The Kier molecular flexibility index (Phi) is 8.10. The van der Waals surface area contributed by atoms with Gasteiger partial charge in [-0.1, -0.05) is 18.2 Å². The van der Waals surface area contributed by atoms with Crippen molar-refractivity contribution in [2.45, 2.75) is 24.8 Å². The lowest BCUT2D eigenvalue weighted by atomic mass is 10.0. The van der Waals surface area contributed by atoms with Gasteiger partial charge in [0.2, 0.25) is 11.8 Å². The average Bonchev–Trinajstić information content (AvgIpc) is 3.71. The van der Waals surface area contributed by atoms with E-state index in [0.717, 1.165) is 17.0 Å². The first kappa shape index (κ1) is 28.3. The minimum Gasteiger partial charge on any atom is -0.384 e. The zero-order chi connectivity index (χ0) is 29.1. The van der Waals surface area contributed by atoms with Gasteiger partial charge in [-0.15, -0.1) is 11.3 Å². The maximum atomic E-state index is 14.1. The molecule has 5 N–H and O–H groups in total. The van der Waals surface area contributed by atoms with Crippen LogP contribution in [0, 0.1) is 17.0 Å². The van der Waals surface area contributed by atoms with Gasteiger partial charge in [0.15, 0.2) is 5.79 Å². The molecule has 41 heavy (non-hydrogen) atoms. The van der Waals surface area contributed by atoms with Crippen molar-refractivity contribution in [1.82, 2.24) is 15.5 Å². The molecule has 5 rings (SSSR count). The van der Waals surface area contributed by atoms with Gasteiger partial charge in [-0.3, -0.25) is 19.8 Å². The fourth-order valence-electron chi connectivity index (χ4n) is 4.87. The smallest absolute Gasteiger partial charge is 0.251 e. The van der Waals surface area contributed by atoms with Crippen molar-refractivity contribution in [3.05, 3.63) is 81.5 Å². The molecule has 1 spiro atoms. The first-order valence-electron chi connectivity index (χ1n) is 12.8. The molecule has 0 aliphatic carbocycles. The third-order valence-corrected chi connectivity index (χ3v) is 7.87. The first-order valence-corrected chi connectivity index (χ1v) is 13.6. The van der Waals surface area contributed by atoms with E-state index in [4.69, 9.17) is 20.6 Å². The second-order valence-electron chi connectivity index (χ2n) is 9.64. The van der Waals surface area contributed by atoms with Crippen LogP contribution in [0.15, 0.2) is 53.9 Å². The van der Waals surface area contributed by atoms with Gasteiger partial charge in [0.25, 0.3) is 5.91 Å². The zero-order valence-electron chi connectivity index (χ0n) is 21.7. The standard InChI is InChI=1S/C28H27F2N5O5S/c29-20-2-1-3-21(30)24(20)16-4-6-17(7-5-16)26(37)34-13-23(36)35-15-28(39-8-9-40-28)11-22(35)27(38)33-12-19-10-18(14-41-19)25(31)32/h1-7,10,14,22H,8-9,11-13,15H2,(H3,31,32)(H,33,38)(H,34,37)/t22-/m0/s1. The summed E-state index contributed by atoms with van der Waals surface area (Å²) in [4.78, 5) is 41.2. The summed E-state index contributed by atoms with van der Waals surface area (Å²) in [5.74, 6) is -4.09. The van der Waals surface area contributed by atoms with Crippen LogP contribution in [0.4, 0.5) is 8.78 Å². The Hall–Kier alpha value is -4.20. The molecule has 3 aromatic rings. The summed E-state index contributed by atoms with van der Waals surface area (Å²) < 4.78 is 39.7. The highest BCUT2D eigenvalue weighted by atomic mass is 32.1. The number of thiophene rings is 1. The molecule has 13 heteroatoms.